The second-order valence-electron chi connectivity index (χ2n) is 2.36. The van der Waals surface area contributed by atoms with Crippen LogP contribution >= 0.6 is 0 Å². The molecule has 0 saturated carbocycles. The molecule has 1 aromatic heterocycles. The van der Waals surface area contributed by atoms with Crippen molar-refractivity contribution in [2.75, 3.05) is 6.61 Å². The third kappa shape index (κ3) is 2.02. The van der Waals surface area contributed by atoms with Gasteiger partial charge in [-0.3, -0.25) is 0 Å². The van der Waals surface area contributed by atoms with Crippen LogP contribution in [0.4, 0.5) is 0 Å². The van der Waals surface area contributed by atoms with Crippen molar-refractivity contribution in [1.82, 2.24) is 15.2 Å². The summed E-state index contributed by atoms with van der Waals surface area (Å²) in [5.74, 6) is 0. The van der Waals surface area contributed by atoms with E-state index in [-0.39, 0.29) is 0 Å². The molecule has 0 aliphatic rings. The Morgan fingerprint density at radius 2 is 2.08 bits per heavy atom. The van der Waals surface area contributed by atoms with Gasteiger partial charge in [-0.15, -0.1) is 5.10 Å². The number of nitrogens with zero attached hydrogens (tertiary/aromatic N) is 3. The lowest BCUT2D eigenvalue weighted by Gasteiger charge is -2.01. The molecule has 1 rings (SSSR count). The lowest BCUT2D eigenvalue weighted by molar-refractivity contribution is 0.326. The Balaban J connectivity index is 2.75. The molecule has 0 aliphatic heterocycles. The van der Waals surface area contributed by atoms with Crippen molar-refractivity contribution in [2.45, 2.75) is 13.8 Å². The Morgan fingerprint density at radius 1 is 1.33 bits per heavy atom. The van der Waals surface area contributed by atoms with Gasteiger partial charge in [0.1, 0.15) is 6.61 Å². The minimum Gasteiger partial charge on any atom is -0.458 e. The predicted octanol–water partition coefficient (Wildman–Crippen LogP) is 1.05. The molecule has 0 fully saturated rings. The zero-order valence-electron chi connectivity index (χ0n) is 7.24. The SMILES string of the molecule is C=CCOc1nnc(C)c(C)n1. The van der Waals surface area contributed by atoms with Gasteiger partial charge in [0.2, 0.25) is 0 Å². The summed E-state index contributed by atoms with van der Waals surface area (Å²) in [5.41, 5.74) is 1.66. The van der Waals surface area contributed by atoms with Crippen LogP contribution in [-0.4, -0.2) is 21.8 Å². The number of rotatable bonds is 3. The molecule has 0 radical (unpaired) electrons. The summed E-state index contributed by atoms with van der Waals surface area (Å²) < 4.78 is 5.09. The van der Waals surface area contributed by atoms with E-state index >= 15 is 0 Å². The highest BCUT2D eigenvalue weighted by molar-refractivity contribution is 5.07. The van der Waals surface area contributed by atoms with E-state index in [0.717, 1.165) is 11.4 Å². The average Bonchev–Trinajstić information content (AvgIpc) is 2.07. The molecule has 4 nitrogen and oxygen atoms in total. The maximum absolute atomic E-state index is 5.09. The summed E-state index contributed by atoms with van der Waals surface area (Å²) >= 11 is 0. The average molecular weight is 165 g/mol. The maximum Gasteiger partial charge on any atom is 0.336 e. The van der Waals surface area contributed by atoms with Crippen LogP contribution in [0.2, 0.25) is 0 Å². The molecule has 0 spiro atoms. The number of ether oxygens (including phenoxy) is 1. The Morgan fingerprint density at radius 3 is 2.67 bits per heavy atom. The van der Waals surface area contributed by atoms with E-state index in [1.807, 2.05) is 13.8 Å². The third-order valence-corrected chi connectivity index (χ3v) is 1.40. The zero-order chi connectivity index (χ0) is 8.97. The summed E-state index contributed by atoms with van der Waals surface area (Å²) in [7, 11) is 0. The normalized spacial score (nSPS) is 9.50. The van der Waals surface area contributed by atoms with Crippen LogP contribution in [0.5, 0.6) is 6.01 Å². The number of hydrogen-bond donors (Lipinski definition) is 0. The quantitative estimate of drug-likeness (QED) is 0.628. The molecule has 0 N–H and O–H groups in total. The van der Waals surface area contributed by atoms with E-state index in [1.54, 1.807) is 6.08 Å². The fourth-order valence-corrected chi connectivity index (χ4v) is 0.631. The molecule has 0 saturated heterocycles. The minimum absolute atomic E-state index is 0.304. The monoisotopic (exact) mass is 165 g/mol. The van der Waals surface area contributed by atoms with Gasteiger partial charge in [-0.1, -0.05) is 17.8 Å². The molecular weight excluding hydrogens is 154 g/mol. The molecule has 0 unspecified atom stereocenters. The smallest absolute Gasteiger partial charge is 0.336 e. The molecular formula is C8H11N3O. The van der Waals surface area contributed by atoms with Crippen LogP contribution < -0.4 is 4.74 Å². The molecule has 1 aromatic rings. The first-order valence-electron chi connectivity index (χ1n) is 3.65. The standard InChI is InChI=1S/C8H11N3O/c1-4-5-12-8-9-6(2)7(3)10-11-8/h4H,1,5H2,2-3H3. The van der Waals surface area contributed by atoms with Gasteiger partial charge >= 0.3 is 6.01 Å². The predicted molar refractivity (Wildman–Crippen MR) is 45.0 cm³/mol. The number of hydrogen-bond acceptors (Lipinski definition) is 4. The summed E-state index contributed by atoms with van der Waals surface area (Å²) in [5, 5.41) is 7.61. The van der Waals surface area contributed by atoms with Crippen LogP contribution in [0.25, 0.3) is 0 Å². The largest absolute Gasteiger partial charge is 0.458 e. The summed E-state index contributed by atoms with van der Waals surface area (Å²) in [4.78, 5) is 4.07. The van der Waals surface area contributed by atoms with Gasteiger partial charge in [0.05, 0.1) is 11.4 Å². The Bertz CT molecular complexity index is 286. The topological polar surface area (TPSA) is 47.9 Å². The van der Waals surface area contributed by atoms with E-state index in [4.69, 9.17) is 4.74 Å². The molecule has 0 aromatic carbocycles. The van der Waals surface area contributed by atoms with Crippen LogP contribution in [0, 0.1) is 13.8 Å². The van der Waals surface area contributed by atoms with E-state index in [0.29, 0.717) is 12.6 Å². The van der Waals surface area contributed by atoms with Crippen molar-refractivity contribution in [3.63, 3.8) is 0 Å². The number of aryl methyl sites for hydroxylation is 2. The molecule has 4 heteroatoms. The van der Waals surface area contributed by atoms with E-state index in [1.165, 1.54) is 0 Å². The lowest BCUT2D eigenvalue weighted by atomic mass is 10.4. The molecule has 0 bridgehead atoms. The summed E-state index contributed by atoms with van der Waals surface area (Å²) in [6.07, 6.45) is 1.64. The van der Waals surface area contributed by atoms with Crippen molar-refractivity contribution in [1.29, 1.82) is 0 Å². The molecule has 0 atom stereocenters. The van der Waals surface area contributed by atoms with Gasteiger partial charge in [-0.25, -0.2) is 0 Å². The summed E-state index contributed by atoms with van der Waals surface area (Å²) in [6, 6.07) is 0.304. The van der Waals surface area contributed by atoms with E-state index in [9.17, 15) is 0 Å². The van der Waals surface area contributed by atoms with Gasteiger partial charge in [0.15, 0.2) is 0 Å². The Hall–Kier alpha value is -1.45. The fourth-order valence-electron chi connectivity index (χ4n) is 0.631. The van der Waals surface area contributed by atoms with Crippen LogP contribution in [0.3, 0.4) is 0 Å². The first-order valence-corrected chi connectivity index (χ1v) is 3.65. The van der Waals surface area contributed by atoms with Crippen LogP contribution in [0.1, 0.15) is 11.4 Å². The van der Waals surface area contributed by atoms with Gasteiger partial charge < -0.3 is 4.74 Å². The molecule has 12 heavy (non-hydrogen) atoms. The minimum atomic E-state index is 0.304. The van der Waals surface area contributed by atoms with Gasteiger partial charge in [-0.2, -0.15) is 4.98 Å². The second-order valence-corrected chi connectivity index (χ2v) is 2.36. The van der Waals surface area contributed by atoms with Crippen LogP contribution in [0.15, 0.2) is 12.7 Å². The van der Waals surface area contributed by atoms with Gasteiger partial charge in [0, 0.05) is 0 Å². The van der Waals surface area contributed by atoms with Crippen LogP contribution in [-0.2, 0) is 0 Å². The van der Waals surface area contributed by atoms with Crippen molar-refractivity contribution in [2.24, 2.45) is 0 Å². The lowest BCUT2D eigenvalue weighted by Crippen LogP contribution is -2.02. The van der Waals surface area contributed by atoms with Gasteiger partial charge in [-0.05, 0) is 13.8 Å². The molecule has 0 aliphatic carbocycles. The Labute approximate surface area is 71.3 Å². The van der Waals surface area contributed by atoms with Crippen molar-refractivity contribution in [3.05, 3.63) is 24.0 Å². The van der Waals surface area contributed by atoms with Crippen molar-refractivity contribution < 1.29 is 4.74 Å². The maximum atomic E-state index is 5.09. The zero-order valence-corrected chi connectivity index (χ0v) is 7.24. The highest BCUT2D eigenvalue weighted by atomic mass is 16.5. The molecule has 1 heterocycles. The highest BCUT2D eigenvalue weighted by Crippen LogP contribution is 2.03. The fraction of sp³-hybridized carbons (Fsp3) is 0.375. The summed E-state index contributed by atoms with van der Waals surface area (Å²) in [6.45, 7) is 7.64. The highest BCUT2D eigenvalue weighted by Gasteiger charge is 2.00. The second kappa shape index (κ2) is 3.80. The molecule has 0 amide bonds. The van der Waals surface area contributed by atoms with E-state index in [2.05, 4.69) is 21.8 Å². The first kappa shape index (κ1) is 8.64. The van der Waals surface area contributed by atoms with Gasteiger partial charge in [0.25, 0.3) is 0 Å². The Kier molecular flexibility index (Phi) is 2.74. The third-order valence-electron chi connectivity index (χ3n) is 1.40. The van der Waals surface area contributed by atoms with Crippen molar-refractivity contribution in [3.8, 4) is 6.01 Å². The first-order chi connectivity index (χ1) is 5.74. The number of aromatic nitrogens is 3. The van der Waals surface area contributed by atoms with Crippen molar-refractivity contribution >= 4 is 0 Å². The molecule has 64 valence electrons. The van der Waals surface area contributed by atoms with E-state index < -0.39 is 0 Å².